The Morgan fingerprint density at radius 3 is 2.42 bits per heavy atom. The summed E-state index contributed by atoms with van der Waals surface area (Å²) in [6, 6.07) is 13.7. The fourth-order valence-corrected chi connectivity index (χ4v) is 6.97. The third-order valence-electron chi connectivity index (χ3n) is 8.40. The lowest BCUT2D eigenvalue weighted by atomic mass is 9.74. The third-order valence-corrected chi connectivity index (χ3v) is 9.53. The molecule has 6 nitrogen and oxygen atoms in total. The molecule has 0 saturated carbocycles. The van der Waals surface area contributed by atoms with Crippen LogP contribution in [0.5, 0.6) is 0 Å². The minimum Gasteiger partial charge on any atom is -0.339 e. The summed E-state index contributed by atoms with van der Waals surface area (Å²) in [5, 5.41) is 7.00. The predicted molar refractivity (Wildman–Crippen MR) is 149 cm³/mol. The number of carbonyl (C=O) groups is 1. The average Bonchev–Trinajstić information content (AvgIpc) is 2.90. The first-order valence-corrected chi connectivity index (χ1v) is 15.9. The van der Waals surface area contributed by atoms with Crippen molar-refractivity contribution in [2.45, 2.75) is 62.3 Å². The Kier molecular flexibility index (Phi) is 9.96. The number of piperidine rings is 2. The third kappa shape index (κ3) is 7.42. The van der Waals surface area contributed by atoms with E-state index in [1.165, 1.54) is 25.2 Å². The highest BCUT2D eigenvalue weighted by molar-refractivity contribution is 7.90. The van der Waals surface area contributed by atoms with E-state index < -0.39 is 9.84 Å². The van der Waals surface area contributed by atoms with E-state index in [-0.39, 0.29) is 40.9 Å². The molecule has 4 rings (SSSR count). The Labute approximate surface area is 227 Å². The largest absolute Gasteiger partial charge is 0.339 e. The second-order valence-electron chi connectivity index (χ2n) is 10.9. The van der Waals surface area contributed by atoms with E-state index in [2.05, 4.69) is 10.6 Å². The molecule has 2 aliphatic heterocycles. The van der Waals surface area contributed by atoms with E-state index in [1.807, 2.05) is 17.9 Å². The smallest absolute Gasteiger partial charge is 0.227 e. The van der Waals surface area contributed by atoms with Crippen LogP contribution < -0.4 is 10.6 Å². The fraction of sp³-hybridized carbons (Fsp3) is 0.567. The highest BCUT2D eigenvalue weighted by Crippen LogP contribution is 2.38. The lowest BCUT2D eigenvalue weighted by Gasteiger charge is -2.44. The molecule has 1 amide bonds. The van der Waals surface area contributed by atoms with Crippen molar-refractivity contribution >= 4 is 15.7 Å². The highest BCUT2D eigenvalue weighted by atomic mass is 32.2. The first-order chi connectivity index (χ1) is 18.3. The predicted octanol–water partition coefficient (Wildman–Crippen LogP) is 4.16. The van der Waals surface area contributed by atoms with Gasteiger partial charge in [-0.25, -0.2) is 12.8 Å². The van der Waals surface area contributed by atoms with E-state index >= 15 is 0 Å². The van der Waals surface area contributed by atoms with E-state index in [4.69, 9.17) is 0 Å². The number of halogens is 1. The summed E-state index contributed by atoms with van der Waals surface area (Å²) in [4.78, 5) is 15.9. The van der Waals surface area contributed by atoms with Gasteiger partial charge in [-0.1, -0.05) is 24.3 Å². The number of benzene rings is 2. The minimum atomic E-state index is -3.28. The highest BCUT2D eigenvalue weighted by Gasteiger charge is 2.37. The number of rotatable bonds is 10. The van der Waals surface area contributed by atoms with Crippen molar-refractivity contribution in [3.63, 3.8) is 0 Å². The first kappa shape index (κ1) is 28.7. The Morgan fingerprint density at radius 2 is 1.76 bits per heavy atom. The fourth-order valence-electron chi connectivity index (χ4n) is 6.34. The van der Waals surface area contributed by atoms with Gasteiger partial charge in [-0.15, -0.1) is 0 Å². The van der Waals surface area contributed by atoms with E-state index in [9.17, 15) is 17.6 Å². The monoisotopic (exact) mass is 543 g/mol. The van der Waals surface area contributed by atoms with Gasteiger partial charge >= 0.3 is 0 Å². The number of carbonyl (C=O) groups excluding carboxylic acids is 1. The van der Waals surface area contributed by atoms with Crippen LogP contribution in [0.1, 0.15) is 56.1 Å². The summed E-state index contributed by atoms with van der Waals surface area (Å²) in [6.45, 7) is 6.39. The maximum atomic E-state index is 14.4. The Bertz CT molecular complexity index is 1170. The molecule has 2 aromatic rings. The van der Waals surface area contributed by atoms with Crippen molar-refractivity contribution in [1.82, 2.24) is 15.5 Å². The number of hydrogen-bond donors (Lipinski definition) is 2. The lowest BCUT2D eigenvalue weighted by Crippen LogP contribution is -2.53. The molecular weight excluding hydrogens is 501 g/mol. The summed E-state index contributed by atoms with van der Waals surface area (Å²) < 4.78 is 38.0. The van der Waals surface area contributed by atoms with Gasteiger partial charge in [-0.05, 0) is 112 Å². The molecule has 38 heavy (non-hydrogen) atoms. The summed E-state index contributed by atoms with van der Waals surface area (Å²) in [6.07, 6.45) is 6.72. The molecule has 0 aliphatic carbocycles. The topological polar surface area (TPSA) is 78.5 Å². The second-order valence-corrected chi connectivity index (χ2v) is 12.9. The van der Waals surface area contributed by atoms with Gasteiger partial charge in [0.15, 0.2) is 9.84 Å². The number of sulfone groups is 1. The van der Waals surface area contributed by atoms with Crippen LogP contribution in [-0.4, -0.2) is 64.2 Å². The maximum Gasteiger partial charge on any atom is 0.227 e. The summed E-state index contributed by atoms with van der Waals surface area (Å²) >= 11 is 0. The molecule has 2 saturated heterocycles. The Hall–Kier alpha value is -2.29. The Morgan fingerprint density at radius 1 is 1.05 bits per heavy atom. The van der Waals surface area contributed by atoms with Crippen LogP contribution in [0.25, 0.3) is 0 Å². The Balaban J connectivity index is 1.54. The molecular formula is C30H42FN3O3S. The van der Waals surface area contributed by atoms with Gasteiger partial charge in [0.2, 0.25) is 5.91 Å². The molecule has 3 atom stereocenters. The van der Waals surface area contributed by atoms with Crippen LogP contribution in [0.4, 0.5) is 4.39 Å². The van der Waals surface area contributed by atoms with Crippen molar-refractivity contribution < 1.29 is 17.6 Å². The summed E-state index contributed by atoms with van der Waals surface area (Å²) in [5.74, 6) is 0.864. The minimum absolute atomic E-state index is 0.0489. The van der Waals surface area contributed by atoms with Gasteiger partial charge in [-0.3, -0.25) is 4.79 Å². The van der Waals surface area contributed by atoms with Crippen molar-refractivity contribution in [2.75, 3.05) is 39.0 Å². The molecule has 2 heterocycles. The standard InChI is InChI=1S/C30H42FN3O3S/c1-3-34(30(35)19-23-7-10-26(11-8-23)38(2,36)37)29-15-18-33-21-28(29)27(24-5-4-6-25(31)20-24)12-9-22-13-16-32-17-14-22/h4-8,10-11,20,22,27-29,32-33H,3,9,12-19,21H2,1-2H3. The molecule has 0 bridgehead atoms. The zero-order valence-electron chi connectivity index (χ0n) is 22.7. The van der Waals surface area contributed by atoms with Gasteiger partial charge in [0.05, 0.1) is 11.3 Å². The molecule has 2 N–H and O–H groups in total. The number of nitrogens with zero attached hydrogens (tertiary/aromatic N) is 1. The summed E-state index contributed by atoms with van der Waals surface area (Å²) in [5.41, 5.74) is 1.83. The molecule has 2 aliphatic rings. The van der Waals surface area contributed by atoms with Crippen LogP contribution in [0.3, 0.4) is 0 Å². The van der Waals surface area contributed by atoms with Crippen molar-refractivity contribution in [1.29, 1.82) is 0 Å². The quantitative estimate of drug-likeness (QED) is 0.471. The normalized spacial score (nSPS) is 21.7. The number of amides is 1. The van der Waals surface area contributed by atoms with Crippen molar-refractivity contribution in [3.8, 4) is 0 Å². The number of hydrogen-bond acceptors (Lipinski definition) is 5. The van der Waals surface area contributed by atoms with Gasteiger partial charge in [-0.2, -0.15) is 0 Å². The molecule has 8 heteroatoms. The molecule has 0 radical (unpaired) electrons. The van der Waals surface area contributed by atoms with Crippen LogP contribution >= 0.6 is 0 Å². The van der Waals surface area contributed by atoms with Gasteiger partial charge in [0.25, 0.3) is 0 Å². The molecule has 208 valence electrons. The number of likely N-dealkylation sites (N-methyl/N-ethyl adjacent to an activating group) is 1. The van der Waals surface area contributed by atoms with Crippen molar-refractivity contribution in [3.05, 3.63) is 65.5 Å². The molecule has 0 aromatic heterocycles. The first-order valence-electron chi connectivity index (χ1n) is 14.0. The maximum absolute atomic E-state index is 14.4. The lowest BCUT2D eigenvalue weighted by molar-refractivity contribution is -0.134. The van der Waals surface area contributed by atoms with E-state index in [0.29, 0.717) is 12.5 Å². The van der Waals surface area contributed by atoms with Crippen LogP contribution in [0.2, 0.25) is 0 Å². The zero-order valence-corrected chi connectivity index (χ0v) is 23.5. The molecule has 2 aromatic carbocycles. The van der Waals surface area contributed by atoms with E-state index in [1.54, 1.807) is 36.4 Å². The average molecular weight is 544 g/mol. The SMILES string of the molecule is CCN(C(=O)Cc1ccc(S(C)(=O)=O)cc1)C1CCNCC1C(CCC1CCNCC1)c1cccc(F)c1. The van der Waals surface area contributed by atoms with Crippen LogP contribution in [-0.2, 0) is 21.1 Å². The number of nitrogens with one attached hydrogen (secondary N) is 2. The van der Waals surface area contributed by atoms with Gasteiger partial charge < -0.3 is 15.5 Å². The van der Waals surface area contributed by atoms with Crippen molar-refractivity contribution in [2.24, 2.45) is 11.8 Å². The molecule has 2 fully saturated rings. The van der Waals surface area contributed by atoms with E-state index in [0.717, 1.165) is 56.6 Å². The second kappa shape index (κ2) is 13.2. The molecule has 3 unspecified atom stereocenters. The van der Waals surface area contributed by atoms with Gasteiger partial charge in [0.1, 0.15) is 5.82 Å². The zero-order chi connectivity index (χ0) is 27.1. The van der Waals surface area contributed by atoms with Crippen LogP contribution in [0.15, 0.2) is 53.4 Å². The molecule has 0 spiro atoms. The summed E-state index contributed by atoms with van der Waals surface area (Å²) in [7, 11) is -3.28. The van der Waals surface area contributed by atoms with Gasteiger partial charge in [0, 0.05) is 25.4 Å². The van der Waals surface area contributed by atoms with Crippen LogP contribution in [0, 0.1) is 17.7 Å².